The fourth-order valence-corrected chi connectivity index (χ4v) is 2.95. The molecule has 0 unspecified atom stereocenters. The molecule has 30 heavy (non-hydrogen) atoms. The topological polar surface area (TPSA) is 105 Å². The number of allylic oxidation sites excluding steroid dienone is 1. The van der Waals surface area contributed by atoms with Crippen LogP contribution in [0.5, 0.6) is 0 Å². The minimum atomic E-state index is -1.93. The summed E-state index contributed by atoms with van der Waals surface area (Å²) in [5, 5.41) is 26.1. The molecule has 0 radical (unpaired) electrons. The van der Waals surface area contributed by atoms with E-state index in [1.165, 1.54) is 24.4 Å². The highest BCUT2D eigenvalue weighted by Crippen LogP contribution is 2.29. The molecule has 7 heteroatoms. The van der Waals surface area contributed by atoms with E-state index in [1.54, 1.807) is 78.9 Å². The summed E-state index contributed by atoms with van der Waals surface area (Å²) in [5.74, 6) is -0.727. The predicted molar refractivity (Wildman–Crippen MR) is 115 cm³/mol. The first kappa shape index (κ1) is 20.6. The van der Waals surface area contributed by atoms with Gasteiger partial charge in [0.1, 0.15) is 0 Å². The number of hydrogen-bond acceptors (Lipinski definition) is 5. The fourth-order valence-electron chi connectivity index (χ4n) is 2.95. The molecule has 0 saturated heterocycles. The van der Waals surface area contributed by atoms with Gasteiger partial charge in [-0.25, -0.2) is 5.43 Å². The summed E-state index contributed by atoms with van der Waals surface area (Å²) in [4.78, 5) is 23.4. The smallest absolute Gasteiger partial charge is 0.281 e. The van der Waals surface area contributed by atoms with Crippen LogP contribution in [0.3, 0.4) is 0 Å². The van der Waals surface area contributed by atoms with Crippen LogP contribution in [0.4, 0.5) is 5.69 Å². The number of nitrogens with zero attached hydrogens (tertiary/aromatic N) is 2. The SMILES string of the molecule is O=C(N/N=C/C=C/c1ccccc1[N+](=O)[O-])C(O)(c1ccccc1)c1ccccc1. The van der Waals surface area contributed by atoms with Crippen LogP contribution >= 0.6 is 0 Å². The highest BCUT2D eigenvalue weighted by atomic mass is 16.6. The number of carbonyl (C=O) groups excluding carboxylic acids is 1. The van der Waals surface area contributed by atoms with Gasteiger partial charge in [-0.3, -0.25) is 14.9 Å². The van der Waals surface area contributed by atoms with Gasteiger partial charge in [-0.1, -0.05) is 72.8 Å². The number of hydrogen-bond donors (Lipinski definition) is 2. The largest absolute Gasteiger partial charge is 0.372 e. The normalized spacial score (nSPS) is 11.6. The second-order valence-electron chi connectivity index (χ2n) is 6.34. The molecule has 0 heterocycles. The average molecular weight is 401 g/mol. The van der Waals surface area contributed by atoms with Gasteiger partial charge < -0.3 is 5.11 Å². The quantitative estimate of drug-likeness (QED) is 0.358. The lowest BCUT2D eigenvalue weighted by Crippen LogP contribution is -2.43. The first-order valence-electron chi connectivity index (χ1n) is 9.10. The zero-order chi connectivity index (χ0) is 21.4. The van der Waals surface area contributed by atoms with Gasteiger partial charge in [0.2, 0.25) is 0 Å². The molecule has 0 bridgehead atoms. The van der Waals surface area contributed by atoms with Gasteiger partial charge in [0.05, 0.1) is 10.5 Å². The number of para-hydroxylation sites is 1. The van der Waals surface area contributed by atoms with Crippen molar-refractivity contribution in [1.82, 2.24) is 5.43 Å². The molecule has 3 rings (SSSR count). The molecule has 1 amide bonds. The van der Waals surface area contributed by atoms with Crippen LogP contribution in [-0.2, 0) is 10.4 Å². The highest BCUT2D eigenvalue weighted by Gasteiger charge is 2.39. The lowest BCUT2D eigenvalue weighted by atomic mass is 9.85. The molecule has 0 saturated carbocycles. The number of nitro benzene ring substituents is 1. The van der Waals surface area contributed by atoms with Crippen molar-refractivity contribution in [3.05, 3.63) is 118 Å². The van der Waals surface area contributed by atoms with Crippen LogP contribution in [0, 0.1) is 10.1 Å². The molecule has 0 atom stereocenters. The van der Waals surface area contributed by atoms with Gasteiger partial charge in [-0.2, -0.15) is 5.10 Å². The van der Waals surface area contributed by atoms with Crippen LogP contribution in [0.1, 0.15) is 16.7 Å². The van der Waals surface area contributed by atoms with Crippen LogP contribution in [0.25, 0.3) is 6.08 Å². The van der Waals surface area contributed by atoms with Crippen molar-refractivity contribution in [2.45, 2.75) is 5.60 Å². The van der Waals surface area contributed by atoms with Crippen LogP contribution in [0.2, 0.25) is 0 Å². The molecule has 0 aliphatic carbocycles. The minimum absolute atomic E-state index is 0.0336. The van der Waals surface area contributed by atoms with Gasteiger partial charge >= 0.3 is 0 Å². The maximum Gasteiger partial charge on any atom is 0.281 e. The van der Waals surface area contributed by atoms with Crippen molar-refractivity contribution in [2.24, 2.45) is 5.10 Å². The Bertz CT molecular complexity index is 1040. The van der Waals surface area contributed by atoms with Crippen molar-refractivity contribution < 1.29 is 14.8 Å². The van der Waals surface area contributed by atoms with Crippen molar-refractivity contribution in [3.8, 4) is 0 Å². The number of benzene rings is 3. The maximum absolute atomic E-state index is 12.9. The van der Waals surface area contributed by atoms with Gasteiger partial charge in [0, 0.05) is 12.3 Å². The van der Waals surface area contributed by atoms with Crippen molar-refractivity contribution in [3.63, 3.8) is 0 Å². The molecule has 0 spiro atoms. The standard InChI is InChI=1S/C23H19N3O4/c27-22(25-24-17-9-11-18-10-7-8-16-21(18)26(29)30)23(28,19-12-3-1-4-13-19)20-14-5-2-6-15-20/h1-17,28H,(H,25,27)/b11-9+,24-17+. The summed E-state index contributed by atoms with van der Waals surface area (Å²) in [7, 11) is 0. The van der Waals surface area contributed by atoms with E-state index in [2.05, 4.69) is 10.5 Å². The Morgan fingerprint density at radius 2 is 1.47 bits per heavy atom. The van der Waals surface area contributed by atoms with Gasteiger partial charge in [0.15, 0.2) is 5.60 Å². The number of hydrazone groups is 1. The third kappa shape index (κ3) is 4.48. The molecular formula is C23H19N3O4. The number of nitro groups is 1. The van der Waals surface area contributed by atoms with Crippen LogP contribution in [0.15, 0.2) is 96.1 Å². The summed E-state index contributed by atoms with van der Waals surface area (Å²) in [6, 6.07) is 23.4. The molecule has 3 aromatic carbocycles. The van der Waals surface area contributed by atoms with E-state index in [4.69, 9.17) is 0 Å². The Labute approximate surface area is 173 Å². The number of nitrogens with one attached hydrogen (secondary N) is 1. The van der Waals surface area contributed by atoms with Crippen molar-refractivity contribution in [2.75, 3.05) is 0 Å². The number of rotatable bonds is 7. The van der Waals surface area contributed by atoms with E-state index in [-0.39, 0.29) is 5.69 Å². The van der Waals surface area contributed by atoms with Crippen molar-refractivity contribution >= 4 is 23.9 Å². The minimum Gasteiger partial charge on any atom is -0.372 e. The number of aliphatic hydroxyl groups is 1. The Kier molecular flexibility index (Phi) is 6.46. The van der Waals surface area contributed by atoms with Gasteiger partial charge in [0.25, 0.3) is 11.6 Å². The number of carbonyl (C=O) groups is 1. The van der Waals surface area contributed by atoms with Gasteiger partial charge in [-0.05, 0) is 29.3 Å². The van der Waals surface area contributed by atoms with E-state index < -0.39 is 16.4 Å². The summed E-state index contributed by atoms with van der Waals surface area (Å²) in [6.45, 7) is 0. The monoisotopic (exact) mass is 401 g/mol. The van der Waals surface area contributed by atoms with Gasteiger partial charge in [-0.15, -0.1) is 0 Å². The van der Waals surface area contributed by atoms with E-state index in [1.807, 2.05) is 0 Å². The molecule has 0 aliphatic rings. The van der Waals surface area contributed by atoms with E-state index >= 15 is 0 Å². The Hall–Kier alpha value is -4.10. The molecular weight excluding hydrogens is 382 g/mol. The highest BCUT2D eigenvalue weighted by molar-refractivity contribution is 5.91. The molecule has 3 aromatic rings. The Morgan fingerprint density at radius 3 is 2.03 bits per heavy atom. The maximum atomic E-state index is 12.9. The predicted octanol–water partition coefficient (Wildman–Crippen LogP) is 3.65. The van der Waals surface area contributed by atoms with Crippen LogP contribution < -0.4 is 5.43 Å². The molecule has 0 fully saturated rings. The zero-order valence-electron chi connectivity index (χ0n) is 15.9. The zero-order valence-corrected chi connectivity index (χ0v) is 15.9. The lowest BCUT2D eigenvalue weighted by Gasteiger charge is -2.26. The Morgan fingerprint density at radius 1 is 0.933 bits per heavy atom. The van der Waals surface area contributed by atoms with Crippen LogP contribution in [-0.4, -0.2) is 22.2 Å². The summed E-state index contributed by atoms with van der Waals surface area (Å²) in [6.07, 6.45) is 4.26. The molecule has 150 valence electrons. The first-order chi connectivity index (χ1) is 14.5. The molecule has 2 N–H and O–H groups in total. The van der Waals surface area contributed by atoms with E-state index in [0.717, 1.165) is 0 Å². The summed E-state index contributed by atoms with van der Waals surface area (Å²) >= 11 is 0. The second-order valence-corrected chi connectivity index (χ2v) is 6.34. The van der Waals surface area contributed by atoms with Crippen molar-refractivity contribution in [1.29, 1.82) is 0 Å². The third-order valence-corrected chi connectivity index (χ3v) is 4.45. The summed E-state index contributed by atoms with van der Waals surface area (Å²) in [5.41, 5.74) is 1.59. The fraction of sp³-hybridized carbons (Fsp3) is 0.0435. The Balaban J connectivity index is 1.78. The molecule has 7 nitrogen and oxygen atoms in total. The van der Waals surface area contributed by atoms with E-state index in [0.29, 0.717) is 16.7 Å². The lowest BCUT2D eigenvalue weighted by molar-refractivity contribution is -0.385. The number of amides is 1. The molecule has 0 aliphatic heterocycles. The third-order valence-electron chi connectivity index (χ3n) is 4.45. The summed E-state index contributed by atoms with van der Waals surface area (Å²) < 4.78 is 0. The second kappa shape index (κ2) is 9.40. The average Bonchev–Trinajstić information content (AvgIpc) is 2.79. The first-order valence-corrected chi connectivity index (χ1v) is 9.10. The molecule has 0 aromatic heterocycles. The van der Waals surface area contributed by atoms with E-state index in [9.17, 15) is 20.0 Å².